The predicted octanol–water partition coefficient (Wildman–Crippen LogP) is 2.75. The molecule has 4 heteroatoms. The van der Waals surface area contributed by atoms with Crippen molar-refractivity contribution in [2.45, 2.75) is 53.6 Å². The van der Waals surface area contributed by atoms with E-state index in [1.165, 1.54) is 0 Å². The molecule has 0 aliphatic heterocycles. The van der Waals surface area contributed by atoms with Gasteiger partial charge in [0.05, 0.1) is 6.54 Å². The van der Waals surface area contributed by atoms with E-state index in [2.05, 4.69) is 36.4 Å². The summed E-state index contributed by atoms with van der Waals surface area (Å²) in [6.07, 6.45) is 1.08. The zero-order valence-corrected chi connectivity index (χ0v) is 12.1. The minimum absolute atomic E-state index is 0.426. The van der Waals surface area contributed by atoms with Crippen LogP contribution >= 0.6 is 0 Å². The van der Waals surface area contributed by atoms with Crippen LogP contribution in [0, 0.1) is 13.8 Å². The summed E-state index contributed by atoms with van der Waals surface area (Å²) >= 11 is 0. The van der Waals surface area contributed by atoms with Gasteiger partial charge in [0.2, 0.25) is 0 Å². The van der Waals surface area contributed by atoms with Gasteiger partial charge in [0, 0.05) is 18.2 Å². The van der Waals surface area contributed by atoms with Crippen LogP contribution in [0.5, 0.6) is 0 Å². The Morgan fingerprint density at radius 2 is 2.11 bits per heavy atom. The van der Waals surface area contributed by atoms with Crippen molar-refractivity contribution in [3.8, 4) is 0 Å². The number of guanidine groups is 1. The Labute approximate surface area is 110 Å². The quantitative estimate of drug-likeness (QED) is 0.625. The Kier molecular flexibility index (Phi) is 5.75. The highest BCUT2D eigenvalue weighted by Gasteiger charge is 2.06. The molecule has 1 aromatic heterocycles. The van der Waals surface area contributed by atoms with Crippen molar-refractivity contribution in [2.24, 2.45) is 4.99 Å². The third kappa shape index (κ3) is 4.43. The second-order valence-corrected chi connectivity index (χ2v) is 4.59. The number of aryl methyl sites for hydroxylation is 2. The predicted molar refractivity (Wildman–Crippen MR) is 75.9 cm³/mol. The minimum atomic E-state index is 0.426. The molecule has 0 aliphatic carbocycles. The molecule has 102 valence electrons. The molecule has 4 nitrogen and oxygen atoms in total. The summed E-state index contributed by atoms with van der Waals surface area (Å²) in [5, 5.41) is 6.62. The summed E-state index contributed by atoms with van der Waals surface area (Å²) in [5.74, 6) is 2.76. The fourth-order valence-electron chi connectivity index (χ4n) is 1.66. The van der Waals surface area contributed by atoms with Gasteiger partial charge in [0.15, 0.2) is 5.96 Å². The topological polar surface area (TPSA) is 49.6 Å². The Bertz CT molecular complexity index is 396. The maximum atomic E-state index is 5.50. The summed E-state index contributed by atoms with van der Waals surface area (Å²) in [5.41, 5.74) is 1.15. The SMILES string of the molecule is CCNC(=NCc1cc(C)oc1C)NC(C)CC. The molecule has 0 amide bonds. The molecule has 0 fully saturated rings. The summed E-state index contributed by atoms with van der Waals surface area (Å²) in [6, 6.07) is 2.47. The van der Waals surface area contributed by atoms with E-state index in [4.69, 9.17) is 4.42 Å². The van der Waals surface area contributed by atoms with E-state index in [1.54, 1.807) is 0 Å². The van der Waals surface area contributed by atoms with E-state index < -0.39 is 0 Å². The number of nitrogens with zero attached hydrogens (tertiary/aromatic N) is 1. The van der Waals surface area contributed by atoms with Crippen molar-refractivity contribution >= 4 is 5.96 Å². The third-order valence-corrected chi connectivity index (χ3v) is 2.89. The number of furan rings is 1. The lowest BCUT2D eigenvalue weighted by molar-refractivity contribution is 0.501. The van der Waals surface area contributed by atoms with Crippen LogP contribution in [0.3, 0.4) is 0 Å². The van der Waals surface area contributed by atoms with Gasteiger partial charge >= 0.3 is 0 Å². The molecule has 0 aliphatic rings. The monoisotopic (exact) mass is 251 g/mol. The van der Waals surface area contributed by atoms with Crippen LogP contribution in [0.15, 0.2) is 15.5 Å². The summed E-state index contributed by atoms with van der Waals surface area (Å²) in [6.45, 7) is 11.8. The lowest BCUT2D eigenvalue weighted by Crippen LogP contribution is -2.41. The largest absolute Gasteiger partial charge is 0.466 e. The molecule has 0 spiro atoms. The van der Waals surface area contributed by atoms with Crippen LogP contribution in [0.2, 0.25) is 0 Å². The fourth-order valence-corrected chi connectivity index (χ4v) is 1.66. The second kappa shape index (κ2) is 7.09. The van der Waals surface area contributed by atoms with E-state index in [9.17, 15) is 0 Å². The van der Waals surface area contributed by atoms with Crippen LogP contribution in [0.1, 0.15) is 44.3 Å². The van der Waals surface area contributed by atoms with Crippen LogP contribution in [0.25, 0.3) is 0 Å². The van der Waals surface area contributed by atoms with Crippen LogP contribution < -0.4 is 10.6 Å². The van der Waals surface area contributed by atoms with E-state index in [0.717, 1.165) is 36.0 Å². The van der Waals surface area contributed by atoms with Crippen LogP contribution in [0.4, 0.5) is 0 Å². The highest BCUT2D eigenvalue weighted by atomic mass is 16.3. The molecule has 1 aromatic rings. The van der Waals surface area contributed by atoms with Gasteiger partial charge in [0.25, 0.3) is 0 Å². The molecule has 0 aromatic carbocycles. The number of hydrogen-bond donors (Lipinski definition) is 2. The molecular formula is C14H25N3O. The van der Waals surface area contributed by atoms with Crippen molar-refractivity contribution in [2.75, 3.05) is 6.54 Å². The van der Waals surface area contributed by atoms with Crippen molar-refractivity contribution in [3.05, 3.63) is 23.2 Å². The van der Waals surface area contributed by atoms with Gasteiger partial charge in [-0.25, -0.2) is 4.99 Å². The summed E-state index contributed by atoms with van der Waals surface area (Å²) in [4.78, 5) is 4.58. The van der Waals surface area contributed by atoms with Gasteiger partial charge in [-0.2, -0.15) is 0 Å². The molecule has 1 heterocycles. The number of nitrogens with one attached hydrogen (secondary N) is 2. The van der Waals surface area contributed by atoms with Crippen LogP contribution in [-0.2, 0) is 6.54 Å². The first-order valence-electron chi connectivity index (χ1n) is 6.67. The smallest absolute Gasteiger partial charge is 0.191 e. The molecule has 18 heavy (non-hydrogen) atoms. The zero-order chi connectivity index (χ0) is 13.5. The minimum Gasteiger partial charge on any atom is -0.466 e. The summed E-state index contributed by atoms with van der Waals surface area (Å²) in [7, 11) is 0. The normalized spacial score (nSPS) is 13.5. The maximum Gasteiger partial charge on any atom is 0.191 e. The van der Waals surface area contributed by atoms with Gasteiger partial charge in [0.1, 0.15) is 11.5 Å². The maximum absolute atomic E-state index is 5.50. The van der Waals surface area contributed by atoms with E-state index in [-0.39, 0.29) is 0 Å². The molecule has 0 radical (unpaired) electrons. The lowest BCUT2D eigenvalue weighted by atomic mass is 10.2. The van der Waals surface area contributed by atoms with Gasteiger partial charge in [-0.05, 0) is 40.2 Å². The Balaban J connectivity index is 2.67. The second-order valence-electron chi connectivity index (χ2n) is 4.59. The third-order valence-electron chi connectivity index (χ3n) is 2.89. The average molecular weight is 251 g/mol. The first-order valence-corrected chi connectivity index (χ1v) is 6.67. The number of hydrogen-bond acceptors (Lipinski definition) is 2. The Morgan fingerprint density at radius 3 is 2.61 bits per heavy atom. The first kappa shape index (κ1) is 14.6. The average Bonchev–Trinajstić information content (AvgIpc) is 2.65. The molecule has 1 rings (SSSR count). The molecule has 0 saturated heterocycles. The van der Waals surface area contributed by atoms with Crippen molar-refractivity contribution in [1.82, 2.24) is 10.6 Å². The molecule has 1 unspecified atom stereocenters. The summed E-state index contributed by atoms with van der Waals surface area (Å²) < 4.78 is 5.50. The van der Waals surface area contributed by atoms with E-state index in [0.29, 0.717) is 12.6 Å². The molecular weight excluding hydrogens is 226 g/mol. The van der Waals surface area contributed by atoms with Crippen molar-refractivity contribution < 1.29 is 4.42 Å². The zero-order valence-electron chi connectivity index (χ0n) is 12.1. The molecule has 0 saturated carbocycles. The Hall–Kier alpha value is -1.45. The molecule has 1 atom stereocenters. The van der Waals surface area contributed by atoms with Crippen molar-refractivity contribution in [1.29, 1.82) is 0 Å². The lowest BCUT2D eigenvalue weighted by Gasteiger charge is -2.16. The van der Waals surface area contributed by atoms with Gasteiger partial charge < -0.3 is 15.1 Å². The molecule has 2 N–H and O–H groups in total. The highest BCUT2D eigenvalue weighted by molar-refractivity contribution is 5.80. The number of aliphatic imine (C=N–C) groups is 1. The van der Waals surface area contributed by atoms with Gasteiger partial charge in [-0.1, -0.05) is 6.92 Å². The van der Waals surface area contributed by atoms with Gasteiger partial charge in [-0.3, -0.25) is 0 Å². The standard InChI is InChI=1S/C14H25N3O/c1-6-10(3)17-14(15-7-2)16-9-13-8-11(4)18-12(13)5/h8,10H,6-7,9H2,1-5H3,(H2,15,16,17). The van der Waals surface area contributed by atoms with E-state index >= 15 is 0 Å². The van der Waals surface area contributed by atoms with E-state index in [1.807, 2.05) is 19.9 Å². The molecule has 0 bridgehead atoms. The Morgan fingerprint density at radius 1 is 1.39 bits per heavy atom. The first-order chi connectivity index (χ1) is 8.56. The fraction of sp³-hybridized carbons (Fsp3) is 0.643. The van der Waals surface area contributed by atoms with Crippen LogP contribution in [-0.4, -0.2) is 18.5 Å². The highest BCUT2D eigenvalue weighted by Crippen LogP contribution is 2.14. The van der Waals surface area contributed by atoms with Crippen molar-refractivity contribution in [3.63, 3.8) is 0 Å². The number of rotatable bonds is 5. The van der Waals surface area contributed by atoms with Gasteiger partial charge in [-0.15, -0.1) is 0 Å².